The molecule has 5 unspecified atom stereocenters. The number of carboxylic acids is 1. The van der Waals surface area contributed by atoms with Crippen LogP contribution < -0.4 is 27.4 Å². The quantitative estimate of drug-likeness (QED) is 0.161. The van der Waals surface area contributed by atoms with Crippen molar-refractivity contribution in [2.45, 2.75) is 76.5 Å². The number of carboxylic acid groups (broad SMARTS) is 1. The summed E-state index contributed by atoms with van der Waals surface area (Å²) >= 11 is 0. The van der Waals surface area contributed by atoms with Gasteiger partial charge >= 0.3 is 5.97 Å². The zero-order valence-electron chi connectivity index (χ0n) is 23.3. The van der Waals surface area contributed by atoms with Crippen molar-refractivity contribution in [2.75, 3.05) is 6.54 Å². The molecule has 5 atom stereocenters. The van der Waals surface area contributed by atoms with Gasteiger partial charge in [-0.1, -0.05) is 80.9 Å². The largest absolute Gasteiger partial charge is 0.480 e. The molecule has 0 saturated heterocycles. The van der Waals surface area contributed by atoms with Gasteiger partial charge in [0.15, 0.2) is 0 Å². The molecule has 0 fully saturated rings. The number of rotatable bonds is 17. The molecule has 0 radical (unpaired) electrons. The second kappa shape index (κ2) is 17.0. The number of hydrogen-bond acceptors (Lipinski definition) is 6. The summed E-state index contributed by atoms with van der Waals surface area (Å²) < 4.78 is 0. The van der Waals surface area contributed by atoms with Gasteiger partial charge in [-0.25, -0.2) is 4.79 Å². The summed E-state index contributed by atoms with van der Waals surface area (Å²) in [5.74, 6) is -2.91. The van der Waals surface area contributed by atoms with Gasteiger partial charge in [0.1, 0.15) is 18.1 Å². The predicted octanol–water partition coefficient (Wildman–Crippen LogP) is 1.51. The molecule has 40 heavy (non-hydrogen) atoms. The van der Waals surface area contributed by atoms with Crippen molar-refractivity contribution >= 4 is 23.7 Å². The van der Waals surface area contributed by atoms with Crippen molar-refractivity contribution in [2.24, 2.45) is 17.4 Å². The van der Waals surface area contributed by atoms with Gasteiger partial charge in [-0.15, -0.1) is 0 Å². The molecule has 0 aliphatic heterocycles. The summed E-state index contributed by atoms with van der Waals surface area (Å²) in [5, 5.41) is 17.8. The molecule has 0 aliphatic rings. The number of carbonyl (C=O) groups excluding carboxylic acids is 3. The summed E-state index contributed by atoms with van der Waals surface area (Å²) in [6.07, 6.45) is 2.38. The first-order valence-electron chi connectivity index (χ1n) is 13.8. The Morgan fingerprint density at radius 3 is 1.62 bits per heavy atom. The number of amides is 3. The Morgan fingerprint density at radius 2 is 1.20 bits per heavy atom. The Morgan fingerprint density at radius 1 is 0.750 bits per heavy atom. The molecule has 0 aromatic heterocycles. The van der Waals surface area contributed by atoms with Crippen LogP contribution in [0.1, 0.15) is 50.7 Å². The molecule has 0 bridgehead atoms. The SMILES string of the molecule is CCC(C)C(N)C(=O)NC(Cc1ccccc1)C(=O)NC(Cc1ccccc1)C(=O)NC(CCCCN)C(=O)O. The van der Waals surface area contributed by atoms with E-state index in [0.29, 0.717) is 25.8 Å². The molecule has 0 saturated carbocycles. The van der Waals surface area contributed by atoms with Crippen molar-refractivity contribution in [1.82, 2.24) is 16.0 Å². The fourth-order valence-corrected chi connectivity index (χ4v) is 4.19. The highest BCUT2D eigenvalue weighted by molar-refractivity contribution is 5.94. The maximum Gasteiger partial charge on any atom is 0.326 e. The molecule has 2 rings (SSSR count). The smallest absolute Gasteiger partial charge is 0.326 e. The first kappa shape index (κ1) is 32.5. The molecular weight excluding hydrogens is 510 g/mol. The predicted molar refractivity (Wildman–Crippen MR) is 154 cm³/mol. The Balaban J connectivity index is 2.29. The molecule has 2 aromatic carbocycles. The summed E-state index contributed by atoms with van der Waals surface area (Å²) in [4.78, 5) is 51.7. The minimum absolute atomic E-state index is 0.0933. The minimum atomic E-state index is -1.16. The van der Waals surface area contributed by atoms with E-state index in [1.165, 1.54) is 0 Å². The summed E-state index contributed by atoms with van der Waals surface area (Å²) in [6.45, 7) is 4.21. The number of aliphatic carboxylic acids is 1. The number of nitrogens with two attached hydrogens (primary N) is 2. The highest BCUT2D eigenvalue weighted by Crippen LogP contribution is 2.10. The van der Waals surface area contributed by atoms with Crippen LogP contribution in [-0.4, -0.2) is 59.5 Å². The van der Waals surface area contributed by atoms with Crippen LogP contribution in [0.15, 0.2) is 60.7 Å². The second-order valence-electron chi connectivity index (χ2n) is 10.1. The molecule has 218 valence electrons. The van der Waals surface area contributed by atoms with Crippen LogP contribution in [0.3, 0.4) is 0 Å². The molecule has 8 N–H and O–H groups in total. The summed E-state index contributed by atoms with van der Waals surface area (Å²) in [7, 11) is 0. The maximum absolute atomic E-state index is 13.6. The van der Waals surface area contributed by atoms with E-state index < -0.39 is 47.9 Å². The topological polar surface area (TPSA) is 177 Å². The standard InChI is InChI=1S/C30H43N5O5/c1-3-20(2)26(32)29(38)35-25(19-22-14-8-5-9-15-22)28(37)34-24(18-21-12-6-4-7-13-21)27(36)33-23(30(39)40)16-10-11-17-31/h4-9,12-15,20,23-26H,3,10-11,16-19,31-32H2,1-2H3,(H,33,36)(H,34,37)(H,35,38)(H,39,40). The Labute approximate surface area is 236 Å². The number of unbranched alkanes of at least 4 members (excludes halogenated alkanes) is 1. The lowest BCUT2D eigenvalue weighted by Crippen LogP contribution is -2.58. The van der Waals surface area contributed by atoms with Crippen molar-refractivity contribution in [3.8, 4) is 0 Å². The van der Waals surface area contributed by atoms with E-state index in [4.69, 9.17) is 11.5 Å². The van der Waals surface area contributed by atoms with Gasteiger partial charge in [-0.2, -0.15) is 0 Å². The average molecular weight is 554 g/mol. The normalized spacial score (nSPS) is 14.7. The van der Waals surface area contributed by atoms with E-state index in [1.54, 1.807) is 0 Å². The van der Waals surface area contributed by atoms with Gasteiger partial charge in [-0.3, -0.25) is 14.4 Å². The molecule has 10 nitrogen and oxygen atoms in total. The van der Waals surface area contributed by atoms with Gasteiger partial charge < -0.3 is 32.5 Å². The van der Waals surface area contributed by atoms with Crippen LogP contribution in [0.5, 0.6) is 0 Å². The van der Waals surface area contributed by atoms with E-state index in [1.807, 2.05) is 74.5 Å². The van der Waals surface area contributed by atoms with Crippen LogP contribution in [-0.2, 0) is 32.0 Å². The number of hydrogen-bond donors (Lipinski definition) is 6. The number of benzene rings is 2. The first-order valence-corrected chi connectivity index (χ1v) is 13.8. The van der Waals surface area contributed by atoms with Crippen molar-refractivity contribution < 1.29 is 24.3 Å². The molecule has 0 heterocycles. The van der Waals surface area contributed by atoms with Gasteiger partial charge in [0.25, 0.3) is 0 Å². The molecular formula is C30H43N5O5. The fraction of sp³-hybridized carbons (Fsp3) is 0.467. The molecule has 0 spiro atoms. The van der Waals surface area contributed by atoms with E-state index in [0.717, 1.165) is 11.1 Å². The fourth-order valence-electron chi connectivity index (χ4n) is 4.19. The van der Waals surface area contributed by atoms with Crippen molar-refractivity contribution in [1.29, 1.82) is 0 Å². The van der Waals surface area contributed by atoms with Gasteiger partial charge in [0, 0.05) is 12.8 Å². The maximum atomic E-state index is 13.6. The van der Waals surface area contributed by atoms with Crippen LogP contribution in [0, 0.1) is 5.92 Å². The highest BCUT2D eigenvalue weighted by atomic mass is 16.4. The monoisotopic (exact) mass is 553 g/mol. The number of nitrogens with one attached hydrogen (secondary N) is 3. The lowest BCUT2D eigenvalue weighted by Gasteiger charge is -2.26. The van der Waals surface area contributed by atoms with Gasteiger partial charge in [-0.05, 0) is 42.9 Å². The van der Waals surface area contributed by atoms with E-state index in [9.17, 15) is 24.3 Å². The van der Waals surface area contributed by atoms with Gasteiger partial charge in [0.05, 0.1) is 6.04 Å². The van der Waals surface area contributed by atoms with Crippen LogP contribution in [0.2, 0.25) is 0 Å². The third-order valence-corrected chi connectivity index (χ3v) is 6.95. The lowest BCUT2D eigenvalue weighted by atomic mass is 9.98. The summed E-state index contributed by atoms with van der Waals surface area (Å²) in [5.41, 5.74) is 13.2. The van der Waals surface area contributed by atoms with Crippen molar-refractivity contribution in [3.63, 3.8) is 0 Å². The van der Waals surface area contributed by atoms with E-state index in [-0.39, 0.29) is 25.2 Å². The van der Waals surface area contributed by atoms with Crippen molar-refractivity contribution in [3.05, 3.63) is 71.8 Å². The second-order valence-corrected chi connectivity index (χ2v) is 10.1. The van der Waals surface area contributed by atoms with E-state index in [2.05, 4.69) is 16.0 Å². The number of carbonyl (C=O) groups is 4. The third kappa shape index (κ3) is 10.8. The molecule has 3 amide bonds. The van der Waals surface area contributed by atoms with Crippen LogP contribution >= 0.6 is 0 Å². The lowest BCUT2D eigenvalue weighted by molar-refractivity contribution is -0.142. The zero-order valence-corrected chi connectivity index (χ0v) is 23.3. The van der Waals surface area contributed by atoms with Gasteiger partial charge in [0.2, 0.25) is 17.7 Å². The minimum Gasteiger partial charge on any atom is -0.480 e. The Bertz CT molecular complexity index is 1080. The molecule has 0 aliphatic carbocycles. The average Bonchev–Trinajstić information content (AvgIpc) is 2.95. The summed E-state index contributed by atoms with van der Waals surface area (Å²) in [6, 6.07) is 14.3. The highest BCUT2D eigenvalue weighted by Gasteiger charge is 2.31. The zero-order chi connectivity index (χ0) is 29.5. The van der Waals surface area contributed by atoms with Crippen LogP contribution in [0.25, 0.3) is 0 Å². The molecule has 10 heteroatoms. The Hall–Kier alpha value is -3.76. The van der Waals surface area contributed by atoms with E-state index >= 15 is 0 Å². The molecule has 2 aromatic rings. The Kier molecular flexibility index (Phi) is 13.8. The van der Waals surface area contributed by atoms with Crippen LogP contribution in [0.4, 0.5) is 0 Å². The third-order valence-electron chi connectivity index (χ3n) is 6.95. The first-order chi connectivity index (χ1) is 19.2.